The van der Waals surface area contributed by atoms with Crippen LogP contribution in [0.5, 0.6) is 0 Å². The molecular formula is C22H23N3O7S. The summed E-state index contributed by atoms with van der Waals surface area (Å²) in [6.07, 6.45) is 0. The number of benzene rings is 2. The Kier molecular flexibility index (Phi) is 6.65. The van der Waals surface area contributed by atoms with Crippen LogP contribution in [-0.4, -0.2) is 49.7 Å². The standard InChI is InChI=1S/C22H23N3O7S/c1-12(2)19(25-20(27)15-6-4-5-7-16(15)21(25)28)22(29)32-11-18(26)24-14-9-8-13(3)17(10-14)33(23,30)31/h4-10,12,19H,11H2,1-3H3,(H,24,26)(H2,23,30,31). The smallest absolute Gasteiger partial charge is 0.330 e. The molecule has 10 nitrogen and oxygen atoms in total. The molecule has 0 spiro atoms. The van der Waals surface area contributed by atoms with Gasteiger partial charge in [0.1, 0.15) is 6.04 Å². The number of sulfonamides is 1. The SMILES string of the molecule is Cc1ccc(NC(=O)COC(=O)C(C(C)C)N2C(=O)c3ccccc3C2=O)cc1S(N)(=O)=O. The number of primary sulfonamides is 1. The zero-order valence-electron chi connectivity index (χ0n) is 18.2. The average Bonchev–Trinajstić information content (AvgIpc) is 2.98. The number of ether oxygens (including phenoxy) is 1. The minimum atomic E-state index is -3.99. The van der Waals surface area contributed by atoms with E-state index in [0.29, 0.717) is 5.56 Å². The van der Waals surface area contributed by atoms with Crippen molar-refractivity contribution in [3.63, 3.8) is 0 Å². The highest BCUT2D eigenvalue weighted by Crippen LogP contribution is 2.27. The molecule has 2 aromatic rings. The predicted octanol–water partition coefficient (Wildman–Crippen LogP) is 1.44. The van der Waals surface area contributed by atoms with Crippen molar-refractivity contribution in [2.45, 2.75) is 31.7 Å². The van der Waals surface area contributed by atoms with E-state index in [9.17, 15) is 27.6 Å². The Balaban J connectivity index is 1.70. The summed E-state index contributed by atoms with van der Waals surface area (Å²) in [4.78, 5) is 51.2. The van der Waals surface area contributed by atoms with Crippen LogP contribution in [0.4, 0.5) is 5.69 Å². The van der Waals surface area contributed by atoms with Crippen LogP contribution >= 0.6 is 0 Å². The number of nitrogens with one attached hydrogen (secondary N) is 1. The number of aryl methyl sites for hydroxylation is 1. The van der Waals surface area contributed by atoms with Gasteiger partial charge >= 0.3 is 5.97 Å². The van der Waals surface area contributed by atoms with Gasteiger partial charge in [0.15, 0.2) is 6.61 Å². The molecule has 2 aromatic carbocycles. The molecule has 0 aliphatic carbocycles. The number of fused-ring (bicyclic) bond motifs is 1. The Bertz CT molecular complexity index is 1220. The Labute approximate surface area is 190 Å². The lowest BCUT2D eigenvalue weighted by Gasteiger charge is -2.27. The van der Waals surface area contributed by atoms with Crippen LogP contribution in [0.2, 0.25) is 0 Å². The van der Waals surface area contributed by atoms with Crippen molar-refractivity contribution >= 4 is 39.4 Å². The predicted molar refractivity (Wildman–Crippen MR) is 118 cm³/mol. The molecule has 1 aliphatic rings. The van der Waals surface area contributed by atoms with E-state index in [-0.39, 0.29) is 21.7 Å². The zero-order valence-corrected chi connectivity index (χ0v) is 19.0. The van der Waals surface area contributed by atoms with E-state index in [1.165, 1.54) is 30.3 Å². The first-order chi connectivity index (χ1) is 15.4. The van der Waals surface area contributed by atoms with Gasteiger partial charge in [0, 0.05) is 5.69 Å². The largest absolute Gasteiger partial charge is 0.454 e. The molecule has 3 amide bonds. The van der Waals surface area contributed by atoms with Gasteiger partial charge in [-0.3, -0.25) is 19.3 Å². The third kappa shape index (κ3) is 4.94. The number of rotatable bonds is 7. The van der Waals surface area contributed by atoms with Crippen LogP contribution in [0.25, 0.3) is 0 Å². The monoisotopic (exact) mass is 473 g/mol. The van der Waals surface area contributed by atoms with Gasteiger partial charge < -0.3 is 10.1 Å². The van der Waals surface area contributed by atoms with Crippen molar-refractivity contribution in [2.75, 3.05) is 11.9 Å². The van der Waals surface area contributed by atoms with Crippen LogP contribution in [0.1, 0.15) is 40.1 Å². The molecule has 0 aromatic heterocycles. The second kappa shape index (κ2) is 9.12. The molecule has 1 heterocycles. The number of hydrogen-bond donors (Lipinski definition) is 2. The van der Waals surface area contributed by atoms with Crippen molar-refractivity contribution in [1.82, 2.24) is 4.90 Å². The average molecular weight is 474 g/mol. The second-order valence-corrected chi connectivity index (χ2v) is 9.43. The molecule has 1 aliphatic heterocycles. The summed E-state index contributed by atoms with van der Waals surface area (Å²) >= 11 is 0. The van der Waals surface area contributed by atoms with Crippen molar-refractivity contribution in [1.29, 1.82) is 0 Å². The molecule has 0 radical (unpaired) electrons. The van der Waals surface area contributed by atoms with E-state index in [2.05, 4.69) is 5.32 Å². The normalized spacial score (nSPS) is 14.3. The first-order valence-corrected chi connectivity index (χ1v) is 11.5. The molecule has 0 fully saturated rings. The fourth-order valence-electron chi connectivity index (χ4n) is 3.54. The molecule has 1 unspecified atom stereocenters. The summed E-state index contributed by atoms with van der Waals surface area (Å²) in [7, 11) is -3.99. The number of amides is 3. The van der Waals surface area contributed by atoms with Gasteiger partial charge in [-0.25, -0.2) is 18.4 Å². The number of carbonyl (C=O) groups is 4. The van der Waals surface area contributed by atoms with Gasteiger partial charge in [-0.2, -0.15) is 0 Å². The van der Waals surface area contributed by atoms with Crippen LogP contribution in [0, 0.1) is 12.8 Å². The lowest BCUT2D eigenvalue weighted by molar-refractivity contribution is -0.152. The van der Waals surface area contributed by atoms with Crippen molar-refractivity contribution in [3.05, 3.63) is 59.2 Å². The van der Waals surface area contributed by atoms with Crippen LogP contribution in [-0.2, 0) is 24.3 Å². The van der Waals surface area contributed by atoms with E-state index in [1.54, 1.807) is 32.9 Å². The highest BCUT2D eigenvalue weighted by molar-refractivity contribution is 7.89. The van der Waals surface area contributed by atoms with Crippen molar-refractivity contribution in [3.8, 4) is 0 Å². The summed E-state index contributed by atoms with van der Waals surface area (Å²) < 4.78 is 28.4. The third-order valence-corrected chi connectivity index (χ3v) is 6.15. The zero-order chi connectivity index (χ0) is 24.5. The molecule has 174 valence electrons. The van der Waals surface area contributed by atoms with Crippen LogP contribution in [0.15, 0.2) is 47.4 Å². The molecule has 1 atom stereocenters. The summed E-state index contributed by atoms with van der Waals surface area (Å²) in [5.41, 5.74) is 0.946. The first-order valence-electron chi connectivity index (χ1n) is 9.98. The molecule has 0 bridgehead atoms. The highest BCUT2D eigenvalue weighted by atomic mass is 32.2. The van der Waals surface area contributed by atoms with E-state index >= 15 is 0 Å². The van der Waals surface area contributed by atoms with Crippen molar-refractivity contribution < 1.29 is 32.3 Å². The number of hydrogen-bond acceptors (Lipinski definition) is 7. The Hall–Kier alpha value is -3.57. The quantitative estimate of drug-likeness (QED) is 0.456. The van der Waals surface area contributed by atoms with Gasteiger partial charge in [0.05, 0.1) is 16.0 Å². The van der Waals surface area contributed by atoms with E-state index in [0.717, 1.165) is 4.90 Å². The number of nitrogens with two attached hydrogens (primary N) is 1. The molecule has 3 N–H and O–H groups in total. The third-order valence-electron chi connectivity index (χ3n) is 5.10. The lowest BCUT2D eigenvalue weighted by atomic mass is 10.0. The first kappa shape index (κ1) is 24.1. The number of anilines is 1. The fourth-order valence-corrected chi connectivity index (χ4v) is 4.35. The van der Waals surface area contributed by atoms with Gasteiger partial charge in [-0.05, 0) is 42.7 Å². The lowest BCUT2D eigenvalue weighted by Crippen LogP contribution is -2.49. The maximum absolute atomic E-state index is 12.8. The summed E-state index contributed by atoms with van der Waals surface area (Å²) in [5, 5.41) is 7.58. The number of carbonyl (C=O) groups excluding carboxylic acids is 4. The van der Waals surface area contributed by atoms with Crippen molar-refractivity contribution in [2.24, 2.45) is 11.1 Å². The molecule has 0 saturated carbocycles. The molecular weight excluding hydrogens is 450 g/mol. The maximum Gasteiger partial charge on any atom is 0.330 e. The topological polar surface area (TPSA) is 153 Å². The summed E-state index contributed by atoms with van der Waals surface area (Å²) in [6, 6.07) is 9.16. The summed E-state index contributed by atoms with van der Waals surface area (Å²) in [5.74, 6) is -3.34. The molecule has 0 saturated heterocycles. The minimum Gasteiger partial charge on any atom is -0.454 e. The van der Waals surface area contributed by atoms with Crippen LogP contribution < -0.4 is 10.5 Å². The summed E-state index contributed by atoms with van der Waals surface area (Å²) in [6.45, 7) is 4.15. The molecule has 33 heavy (non-hydrogen) atoms. The Morgan fingerprint density at radius 3 is 2.15 bits per heavy atom. The minimum absolute atomic E-state index is 0.145. The van der Waals surface area contributed by atoms with E-state index < -0.39 is 52.3 Å². The Morgan fingerprint density at radius 2 is 1.64 bits per heavy atom. The fraction of sp³-hybridized carbons (Fsp3) is 0.273. The molecule has 11 heteroatoms. The van der Waals surface area contributed by atoms with E-state index in [1.807, 2.05) is 0 Å². The van der Waals surface area contributed by atoms with Gasteiger partial charge in [0.25, 0.3) is 17.7 Å². The highest BCUT2D eigenvalue weighted by Gasteiger charge is 2.44. The number of nitrogens with zero attached hydrogens (tertiary/aromatic N) is 1. The van der Waals surface area contributed by atoms with Crippen LogP contribution in [0.3, 0.4) is 0 Å². The number of esters is 1. The number of imide groups is 1. The maximum atomic E-state index is 12.8. The molecule has 3 rings (SSSR count). The van der Waals surface area contributed by atoms with Gasteiger partial charge in [-0.1, -0.05) is 32.0 Å². The Morgan fingerprint density at radius 1 is 1.06 bits per heavy atom. The van der Waals surface area contributed by atoms with Gasteiger partial charge in [0.2, 0.25) is 10.0 Å². The second-order valence-electron chi connectivity index (χ2n) is 7.90. The van der Waals surface area contributed by atoms with Gasteiger partial charge in [-0.15, -0.1) is 0 Å². The van der Waals surface area contributed by atoms with E-state index in [4.69, 9.17) is 9.88 Å².